The second-order valence-electron chi connectivity index (χ2n) is 2.96. The van der Waals surface area contributed by atoms with Gasteiger partial charge >= 0.3 is 0 Å². The largest absolute Gasteiger partial charge is 0.489 e. The molecule has 0 spiro atoms. The Kier molecular flexibility index (Phi) is 2.76. The maximum atomic E-state index is 5.55. The van der Waals surface area contributed by atoms with E-state index in [9.17, 15) is 0 Å². The van der Waals surface area contributed by atoms with Crippen LogP contribution in [0.3, 0.4) is 0 Å². The van der Waals surface area contributed by atoms with Crippen LogP contribution in [0.1, 0.15) is 5.56 Å². The van der Waals surface area contributed by atoms with Crippen molar-refractivity contribution < 1.29 is 4.74 Å². The highest BCUT2D eigenvalue weighted by Gasteiger charge is 1.93. The number of benzene rings is 1. The van der Waals surface area contributed by atoms with Crippen LogP contribution in [0.4, 0.5) is 0 Å². The van der Waals surface area contributed by atoms with Crippen LogP contribution < -0.4 is 4.74 Å². The molecular formula is C12H11NO. The molecule has 2 rings (SSSR count). The molecule has 0 N–H and O–H groups in total. The molecule has 0 saturated heterocycles. The lowest BCUT2D eigenvalue weighted by molar-refractivity contribution is 0.306. The first-order chi connectivity index (χ1) is 6.95. The molecule has 14 heavy (non-hydrogen) atoms. The van der Waals surface area contributed by atoms with E-state index in [-0.39, 0.29) is 0 Å². The molecular weight excluding hydrogens is 174 g/mol. The Morgan fingerprint density at radius 1 is 1.00 bits per heavy atom. The van der Waals surface area contributed by atoms with Gasteiger partial charge in [0, 0.05) is 18.0 Å². The van der Waals surface area contributed by atoms with Gasteiger partial charge in [-0.25, -0.2) is 0 Å². The molecule has 0 saturated carbocycles. The molecule has 2 aromatic rings. The van der Waals surface area contributed by atoms with Crippen molar-refractivity contribution in [1.82, 2.24) is 4.98 Å². The van der Waals surface area contributed by atoms with Gasteiger partial charge in [0.25, 0.3) is 0 Å². The van der Waals surface area contributed by atoms with Crippen molar-refractivity contribution in [1.29, 1.82) is 0 Å². The van der Waals surface area contributed by atoms with E-state index in [0.717, 1.165) is 11.3 Å². The van der Waals surface area contributed by atoms with Gasteiger partial charge in [0.1, 0.15) is 12.4 Å². The molecule has 70 valence electrons. The number of aromatic nitrogens is 1. The second-order valence-corrected chi connectivity index (χ2v) is 2.96. The van der Waals surface area contributed by atoms with Crippen molar-refractivity contribution in [3.63, 3.8) is 0 Å². The summed E-state index contributed by atoms with van der Waals surface area (Å²) in [6.07, 6.45) is 3.56. The van der Waals surface area contributed by atoms with Crippen molar-refractivity contribution in [2.24, 2.45) is 0 Å². The third-order valence-corrected chi connectivity index (χ3v) is 1.87. The van der Waals surface area contributed by atoms with E-state index in [1.165, 1.54) is 0 Å². The fourth-order valence-electron chi connectivity index (χ4n) is 1.17. The standard InChI is InChI=1S/C12H11NO/c1-2-6-12(7-3-1)14-10-11-5-4-8-13-9-11/h1-9H,10H2. The minimum absolute atomic E-state index is 0.567. The molecule has 1 heterocycles. The highest BCUT2D eigenvalue weighted by Crippen LogP contribution is 2.10. The van der Waals surface area contributed by atoms with E-state index in [0.29, 0.717) is 6.61 Å². The first-order valence-corrected chi connectivity index (χ1v) is 4.52. The van der Waals surface area contributed by atoms with Gasteiger partial charge in [-0.15, -0.1) is 0 Å². The summed E-state index contributed by atoms with van der Waals surface area (Å²) in [6.45, 7) is 0.567. The fraction of sp³-hybridized carbons (Fsp3) is 0.0833. The maximum Gasteiger partial charge on any atom is 0.119 e. The Morgan fingerprint density at radius 3 is 2.57 bits per heavy atom. The first kappa shape index (κ1) is 8.75. The van der Waals surface area contributed by atoms with Crippen molar-refractivity contribution in [2.45, 2.75) is 6.61 Å². The van der Waals surface area contributed by atoms with Gasteiger partial charge in [-0.05, 0) is 18.2 Å². The Morgan fingerprint density at radius 2 is 1.86 bits per heavy atom. The van der Waals surface area contributed by atoms with Gasteiger partial charge in [-0.1, -0.05) is 24.3 Å². The highest BCUT2D eigenvalue weighted by atomic mass is 16.5. The van der Waals surface area contributed by atoms with Crippen molar-refractivity contribution in [3.05, 3.63) is 60.4 Å². The molecule has 0 radical (unpaired) electrons. The SMILES string of the molecule is c1ccc(OCc2cccnc2)cc1. The number of ether oxygens (including phenoxy) is 1. The summed E-state index contributed by atoms with van der Waals surface area (Å²) in [6, 6.07) is 13.7. The summed E-state index contributed by atoms with van der Waals surface area (Å²) in [5.41, 5.74) is 1.08. The van der Waals surface area contributed by atoms with Crippen LogP contribution in [-0.4, -0.2) is 4.98 Å². The molecule has 2 nitrogen and oxygen atoms in total. The fourth-order valence-corrected chi connectivity index (χ4v) is 1.17. The molecule has 0 unspecified atom stereocenters. The van der Waals surface area contributed by atoms with E-state index in [4.69, 9.17) is 4.74 Å². The Bertz CT molecular complexity index is 333. The Labute approximate surface area is 83.2 Å². The smallest absolute Gasteiger partial charge is 0.119 e. The Hall–Kier alpha value is -1.83. The average Bonchev–Trinajstić information content (AvgIpc) is 2.29. The number of hydrogen-bond acceptors (Lipinski definition) is 2. The molecule has 0 amide bonds. The molecule has 0 bridgehead atoms. The van der Waals surface area contributed by atoms with Crippen molar-refractivity contribution in [2.75, 3.05) is 0 Å². The monoisotopic (exact) mass is 185 g/mol. The number of rotatable bonds is 3. The number of para-hydroxylation sites is 1. The zero-order chi connectivity index (χ0) is 9.64. The molecule has 0 aliphatic rings. The summed E-state index contributed by atoms with van der Waals surface area (Å²) < 4.78 is 5.55. The van der Waals surface area contributed by atoms with Crippen LogP contribution in [0.5, 0.6) is 5.75 Å². The summed E-state index contributed by atoms with van der Waals surface area (Å²) >= 11 is 0. The summed E-state index contributed by atoms with van der Waals surface area (Å²) in [4.78, 5) is 4.02. The van der Waals surface area contributed by atoms with Gasteiger partial charge in [0.05, 0.1) is 0 Å². The van der Waals surface area contributed by atoms with Crippen LogP contribution >= 0.6 is 0 Å². The zero-order valence-corrected chi connectivity index (χ0v) is 7.76. The van der Waals surface area contributed by atoms with Gasteiger partial charge in [0.15, 0.2) is 0 Å². The third-order valence-electron chi connectivity index (χ3n) is 1.87. The highest BCUT2D eigenvalue weighted by molar-refractivity contribution is 5.21. The molecule has 1 aromatic carbocycles. The zero-order valence-electron chi connectivity index (χ0n) is 7.76. The maximum absolute atomic E-state index is 5.55. The van der Waals surface area contributed by atoms with E-state index in [1.54, 1.807) is 6.20 Å². The lowest BCUT2D eigenvalue weighted by Crippen LogP contribution is -1.94. The predicted octanol–water partition coefficient (Wildman–Crippen LogP) is 2.66. The summed E-state index contributed by atoms with van der Waals surface area (Å²) in [7, 11) is 0. The van der Waals surface area contributed by atoms with Gasteiger partial charge in [0.2, 0.25) is 0 Å². The van der Waals surface area contributed by atoms with Crippen LogP contribution in [0.2, 0.25) is 0 Å². The van der Waals surface area contributed by atoms with Gasteiger partial charge in [-0.2, -0.15) is 0 Å². The third kappa shape index (κ3) is 2.33. The minimum Gasteiger partial charge on any atom is -0.489 e. The topological polar surface area (TPSA) is 22.1 Å². The second kappa shape index (κ2) is 4.42. The minimum atomic E-state index is 0.567. The van der Waals surface area contributed by atoms with Crippen LogP contribution in [-0.2, 0) is 6.61 Å². The van der Waals surface area contributed by atoms with Crippen LogP contribution in [0.25, 0.3) is 0 Å². The molecule has 0 aliphatic heterocycles. The van der Waals surface area contributed by atoms with Gasteiger partial charge < -0.3 is 4.74 Å². The van der Waals surface area contributed by atoms with Crippen LogP contribution in [0.15, 0.2) is 54.9 Å². The van der Waals surface area contributed by atoms with Gasteiger partial charge in [-0.3, -0.25) is 4.98 Å². The summed E-state index contributed by atoms with van der Waals surface area (Å²) in [5.74, 6) is 0.886. The van der Waals surface area contributed by atoms with E-state index in [2.05, 4.69) is 4.98 Å². The lowest BCUT2D eigenvalue weighted by atomic mass is 10.3. The van der Waals surface area contributed by atoms with E-state index in [1.807, 2.05) is 48.7 Å². The molecule has 0 aliphatic carbocycles. The first-order valence-electron chi connectivity index (χ1n) is 4.52. The number of nitrogens with zero attached hydrogens (tertiary/aromatic N) is 1. The summed E-state index contributed by atoms with van der Waals surface area (Å²) in [5, 5.41) is 0. The molecule has 2 heteroatoms. The normalized spacial score (nSPS) is 9.71. The van der Waals surface area contributed by atoms with E-state index >= 15 is 0 Å². The molecule has 1 aromatic heterocycles. The average molecular weight is 185 g/mol. The van der Waals surface area contributed by atoms with Crippen LogP contribution in [0, 0.1) is 0 Å². The Balaban J connectivity index is 1.96. The quantitative estimate of drug-likeness (QED) is 0.733. The van der Waals surface area contributed by atoms with E-state index < -0.39 is 0 Å². The lowest BCUT2D eigenvalue weighted by Gasteiger charge is -2.04. The molecule has 0 atom stereocenters. The number of pyridine rings is 1. The predicted molar refractivity (Wildman–Crippen MR) is 55.0 cm³/mol. The van der Waals surface area contributed by atoms with Crippen molar-refractivity contribution in [3.8, 4) is 5.75 Å². The number of hydrogen-bond donors (Lipinski definition) is 0. The van der Waals surface area contributed by atoms with Crippen molar-refractivity contribution >= 4 is 0 Å². The molecule has 0 fully saturated rings.